The molecule has 13 nitrogen and oxygen atoms in total. The lowest BCUT2D eigenvalue weighted by atomic mass is 10.0. The summed E-state index contributed by atoms with van der Waals surface area (Å²) in [6.45, 7) is 11.7. The van der Waals surface area contributed by atoms with Crippen LogP contribution in [-0.2, 0) is 47.5 Å². The highest BCUT2D eigenvalue weighted by atomic mass is 16.7. The summed E-state index contributed by atoms with van der Waals surface area (Å²) in [6.07, 6.45) is -0.775. The number of hydrogen-bond donors (Lipinski definition) is 1. The zero-order valence-electron chi connectivity index (χ0n) is 24.1. The Kier molecular flexibility index (Phi) is 13.7. The minimum Gasteiger partial charge on any atom is -0.455 e. The number of ketones is 1. The van der Waals surface area contributed by atoms with Crippen LogP contribution in [-0.4, -0.2) is 93.0 Å². The second-order valence-corrected chi connectivity index (χ2v) is 10.7. The number of carbonyl (C=O) groups is 5. The Morgan fingerprint density at radius 1 is 0.658 bits per heavy atom. The zero-order chi connectivity index (χ0) is 29.8. The van der Waals surface area contributed by atoms with E-state index in [2.05, 4.69) is 14.8 Å². The van der Waals surface area contributed by atoms with Gasteiger partial charge in [-0.2, -0.15) is 0 Å². The first-order valence-electron chi connectivity index (χ1n) is 12.0. The molecule has 0 aromatic carbocycles. The van der Waals surface area contributed by atoms with Gasteiger partial charge in [0.05, 0.1) is 27.4 Å². The van der Waals surface area contributed by atoms with E-state index in [4.69, 9.17) is 23.7 Å². The number of nitrogens with one attached hydrogen (secondary N) is 1. The molecule has 0 aliphatic rings. The summed E-state index contributed by atoms with van der Waals surface area (Å²) in [7, 11) is 2.45. The number of ether oxygens (including phenoxy) is 7. The quantitative estimate of drug-likeness (QED) is 0.222. The van der Waals surface area contributed by atoms with Gasteiger partial charge >= 0.3 is 24.2 Å². The van der Waals surface area contributed by atoms with Gasteiger partial charge in [0.15, 0.2) is 24.4 Å². The number of carbonyl (C=O) groups excluding carboxylic acids is 5. The van der Waals surface area contributed by atoms with Crippen LogP contribution < -0.4 is 5.32 Å². The van der Waals surface area contributed by atoms with Crippen molar-refractivity contribution in [2.45, 2.75) is 90.6 Å². The molecule has 13 heteroatoms. The Balaban J connectivity index is 4.50. The molecule has 0 fully saturated rings. The number of Topliss-reactive ketones (excluding diaryl/α,β-unsaturated/α-hetero) is 1. The van der Waals surface area contributed by atoms with Crippen LogP contribution in [0.5, 0.6) is 0 Å². The predicted octanol–water partition coefficient (Wildman–Crippen LogP) is 2.71. The second kappa shape index (κ2) is 14.9. The van der Waals surface area contributed by atoms with E-state index in [1.807, 2.05) is 0 Å². The van der Waals surface area contributed by atoms with Gasteiger partial charge in [-0.05, 0) is 61.8 Å². The lowest BCUT2D eigenvalue weighted by molar-refractivity contribution is -0.174. The summed E-state index contributed by atoms with van der Waals surface area (Å²) in [4.78, 5) is 59.5. The minimum absolute atomic E-state index is 0.0582. The molecule has 0 spiro atoms. The Bertz CT molecular complexity index is 766. The number of methoxy groups -OCH3 is 2. The third kappa shape index (κ3) is 14.1. The molecule has 0 radical (unpaired) electrons. The van der Waals surface area contributed by atoms with Crippen molar-refractivity contribution in [2.75, 3.05) is 40.6 Å². The first-order chi connectivity index (χ1) is 17.3. The van der Waals surface area contributed by atoms with Crippen LogP contribution in [0.2, 0.25) is 0 Å². The van der Waals surface area contributed by atoms with E-state index in [9.17, 15) is 24.0 Å². The molecule has 0 atom stereocenters. The highest BCUT2D eigenvalue weighted by Crippen LogP contribution is 2.19. The number of amides is 1. The van der Waals surface area contributed by atoms with Gasteiger partial charge in [0.1, 0.15) is 5.60 Å². The third-order valence-corrected chi connectivity index (χ3v) is 5.22. The summed E-state index contributed by atoms with van der Waals surface area (Å²) < 4.78 is 35.3. The topological polar surface area (TPSA) is 162 Å². The highest BCUT2D eigenvalue weighted by Gasteiger charge is 2.34. The molecular formula is C25H43NO12. The van der Waals surface area contributed by atoms with E-state index < -0.39 is 65.5 Å². The largest absolute Gasteiger partial charge is 0.508 e. The summed E-state index contributed by atoms with van der Waals surface area (Å²) in [5.74, 6) is -2.22. The number of esters is 2. The van der Waals surface area contributed by atoms with Gasteiger partial charge in [-0.25, -0.2) is 19.2 Å². The predicted molar refractivity (Wildman–Crippen MR) is 133 cm³/mol. The molecule has 0 aromatic heterocycles. The second-order valence-electron chi connectivity index (χ2n) is 10.7. The number of hydrogen-bond acceptors (Lipinski definition) is 12. The van der Waals surface area contributed by atoms with Crippen LogP contribution in [0.4, 0.5) is 9.59 Å². The van der Waals surface area contributed by atoms with Crippen molar-refractivity contribution in [3.05, 3.63) is 0 Å². The van der Waals surface area contributed by atoms with Gasteiger partial charge in [0, 0.05) is 12.0 Å². The minimum atomic E-state index is -1.38. The lowest BCUT2D eigenvalue weighted by Crippen LogP contribution is -2.45. The molecule has 0 aromatic rings. The SMILES string of the molecule is COC(=O)NC(C)(C)CCOC(C)(C)C(=O)OCC(=O)COC(=O)C(C)(C)OCCC(C)(C)OC(=O)OC. The molecule has 1 N–H and O–H groups in total. The summed E-state index contributed by atoms with van der Waals surface area (Å²) in [5.41, 5.74) is -4.28. The van der Waals surface area contributed by atoms with E-state index in [0.717, 1.165) is 0 Å². The maximum atomic E-state index is 12.4. The summed E-state index contributed by atoms with van der Waals surface area (Å²) in [5, 5.41) is 2.65. The molecular weight excluding hydrogens is 506 g/mol. The van der Waals surface area contributed by atoms with Crippen LogP contribution in [0.25, 0.3) is 0 Å². The molecule has 0 saturated heterocycles. The smallest absolute Gasteiger partial charge is 0.455 e. The van der Waals surface area contributed by atoms with Gasteiger partial charge in [0.2, 0.25) is 5.78 Å². The molecule has 0 saturated carbocycles. The highest BCUT2D eigenvalue weighted by molar-refractivity contribution is 5.87. The van der Waals surface area contributed by atoms with E-state index >= 15 is 0 Å². The van der Waals surface area contributed by atoms with Crippen molar-refractivity contribution < 1.29 is 57.1 Å². The maximum Gasteiger partial charge on any atom is 0.508 e. The summed E-state index contributed by atoms with van der Waals surface area (Å²) >= 11 is 0. The van der Waals surface area contributed by atoms with Crippen LogP contribution in [0.3, 0.4) is 0 Å². The Morgan fingerprint density at radius 3 is 1.53 bits per heavy atom. The fourth-order valence-corrected chi connectivity index (χ4v) is 2.62. The molecule has 1 amide bonds. The van der Waals surface area contributed by atoms with E-state index in [1.54, 1.807) is 27.7 Å². The van der Waals surface area contributed by atoms with Crippen molar-refractivity contribution in [1.29, 1.82) is 0 Å². The fourth-order valence-electron chi connectivity index (χ4n) is 2.62. The van der Waals surface area contributed by atoms with Crippen molar-refractivity contribution in [3.63, 3.8) is 0 Å². The van der Waals surface area contributed by atoms with Crippen LogP contribution in [0.1, 0.15) is 68.2 Å². The molecule has 0 aliphatic heterocycles. The van der Waals surface area contributed by atoms with Gasteiger partial charge < -0.3 is 38.5 Å². The van der Waals surface area contributed by atoms with Crippen LogP contribution in [0.15, 0.2) is 0 Å². The van der Waals surface area contributed by atoms with Gasteiger partial charge in [-0.1, -0.05) is 0 Å². The molecule has 0 rings (SSSR count). The van der Waals surface area contributed by atoms with Gasteiger partial charge in [-0.3, -0.25) is 4.79 Å². The van der Waals surface area contributed by atoms with Crippen LogP contribution in [0, 0.1) is 0 Å². The maximum absolute atomic E-state index is 12.4. The van der Waals surface area contributed by atoms with E-state index in [0.29, 0.717) is 6.42 Å². The number of rotatable bonds is 16. The van der Waals surface area contributed by atoms with Crippen molar-refractivity contribution in [3.8, 4) is 0 Å². The first-order valence-corrected chi connectivity index (χ1v) is 12.0. The van der Waals surface area contributed by atoms with Crippen LogP contribution >= 0.6 is 0 Å². The molecule has 0 aliphatic carbocycles. The lowest BCUT2D eigenvalue weighted by Gasteiger charge is -2.28. The average molecular weight is 550 g/mol. The Morgan fingerprint density at radius 2 is 1.11 bits per heavy atom. The fraction of sp³-hybridized carbons (Fsp3) is 0.800. The zero-order valence-corrected chi connectivity index (χ0v) is 24.1. The molecule has 0 unspecified atom stereocenters. The average Bonchev–Trinajstić information content (AvgIpc) is 2.79. The van der Waals surface area contributed by atoms with Crippen molar-refractivity contribution >= 4 is 30.0 Å². The van der Waals surface area contributed by atoms with Crippen molar-refractivity contribution in [1.82, 2.24) is 5.32 Å². The van der Waals surface area contributed by atoms with Gasteiger partial charge in [0.25, 0.3) is 0 Å². The normalized spacial score (nSPS) is 12.3. The Labute approximate surface area is 224 Å². The Hall–Kier alpha value is -2.93. The molecule has 38 heavy (non-hydrogen) atoms. The molecule has 220 valence electrons. The van der Waals surface area contributed by atoms with Gasteiger partial charge in [-0.15, -0.1) is 0 Å². The monoisotopic (exact) mass is 549 g/mol. The molecule has 0 heterocycles. The summed E-state index contributed by atoms with van der Waals surface area (Å²) in [6, 6.07) is 0. The van der Waals surface area contributed by atoms with E-state index in [1.165, 1.54) is 41.9 Å². The van der Waals surface area contributed by atoms with Crippen molar-refractivity contribution in [2.24, 2.45) is 0 Å². The van der Waals surface area contributed by atoms with E-state index in [-0.39, 0.29) is 19.6 Å². The standard InChI is InChI=1S/C25H43NO12/c1-22(2,26-20(30)32-9)11-13-36-24(5,6)18(28)34-15-17(27)16-35-19(29)25(7,8)37-14-12-23(3,4)38-21(31)33-10/h11-16H2,1-10H3,(H,26,30). The first kappa shape index (κ1) is 35.1. The number of alkyl carbamates (subject to hydrolysis) is 1. The third-order valence-electron chi connectivity index (χ3n) is 5.22. The molecule has 0 bridgehead atoms.